The Morgan fingerprint density at radius 1 is 1.50 bits per heavy atom. The first-order valence-electron chi connectivity index (χ1n) is 8.30. The Morgan fingerprint density at radius 2 is 2.25 bits per heavy atom. The van der Waals surface area contributed by atoms with E-state index in [-0.39, 0.29) is 16.9 Å². The summed E-state index contributed by atoms with van der Waals surface area (Å²) in [6.45, 7) is 3.06. The highest BCUT2D eigenvalue weighted by molar-refractivity contribution is 5.94. The Kier molecular flexibility index (Phi) is 4.45. The topological polar surface area (TPSA) is 102 Å². The van der Waals surface area contributed by atoms with E-state index in [1.807, 2.05) is 0 Å². The molecule has 3 rings (SSSR count). The number of nitrogens with zero attached hydrogens (tertiary/aromatic N) is 1. The number of nitro groups is 1. The standard InChI is InChI=1S/C17H22N2O5/c1-11-7-13(8-14(16(20)21)15(11)19(22)23)18-10-12-3-6-24-17(9-12)4-2-5-17/h7-8,12,18H,2-6,9-10H2,1H3,(H,20,21). The predicted molar refractivity (Wildman–Crippen MR) is 88.5 cm³/mol. The molecule has 1 atom stereocenters. The maximum absolute atomic E-state index is 11.3. The summed E-state index contributed by atoms with van der Waals surface area (Å²) >= 11 is 0. The van der Waals surface area contributed by atoms with E-state index in [9.17, 15) is 20.0 Å². The smallest absolute Gasteiger partial charge is 0.342 e. The molecule has 1 aromatic carbocycles. The molecule has 0 aromatic heterocycles. The average molecular weight is 334 g/mol. The van der Waals surface area contributed by atoms with Crippen LogP contribution >= 0.6 is 0 Å². The summed E-state index contributed by atoms with van der Waals surface area (Å²) in [5.41, 5.74) is 0.425. The molecule has 2 fully saturated rings. The van der Waals surface area contributed by atoms with Gasteiger partial charge in [-0.15, -0.1) is 0 Å². The van der Waals surface area contributed by atoms with Gasteiger partial charge in [-0.2, -0.15) is 0 Å². The molecule has 0 bridgehead atoms. The molecule has 1 saturated carbocycles. The number of ether oxygens (including phenoxy) is 1. The maximum atomic E-state index is 11.3. The summed E-state index contributed by atoms with van der Waals surface area (Å²) in [4.78, 5) is 21.8. The number of carboxylic acid groups (broad SMARTS) is 1. The zero-order valence-corrected chi connectivity index (χ0v) is 13.7. The first-order chi connectivity index (χ1) is 11.4. The second-order valence-corrected chi connectivity index (χ2v) is 6.88. The summed E-state index contributed by atoms with van der Waals surface area (Å²) in [6.07, 6.45) is 5.49. The van der Waals surface area contributed by atoms with E-state index in [1.54, 1.807) is 13.0 Å². The van der Waals surface area contributed by atoms with Crippen LogP contribution in [0.15, 0.2) is 12.1 Å². The van der Waals surface area contributed by atoms with Gasteiger partial charge < -0.3 is 15.2 Å². The molecule has 1 heterocycles. The Morgan fingerprint density at radius 3 is 2.83 bits per heavy atom. The summed E-state index contributed by atoms with van der Waals surface area (Å²) in [5.74, 6) is -0.809. The number of nitro benzene ring substituents is 1. The molecule has 24 heavy (non-hydrogen) atoms. The highest BCUT2D eigenvalue weighted by Gasteiger charge is 2.42. The van der Waals surface area contributed by atoms with Crippen LogP contribution in [0.3, 0.4) is 0 Å². The van der Waals surface area contributed by atoms with E-state index in [0.29, 0.717) is 17.2 Å². The SMILES string of the molecule is Cc1cc(NCC2CCOC3(CCC3)C2)cc(C(=O)O)c1[N+](=O)[O-]. The van der Waals surface area contributed by atoms with E-state index < -0.39 is 10.9 Å². The van der Waals surface area contributed by atoms with E-state index in [2.05, 4.69) is 5.32 Å². The highest BCUT2D eigenvalue weighted by atomic mass is 16.6. The minimum absolute atomic E-state index is 0.0716. The van der Waals surface area contributed by atoms with Crippen molar-refractivity contribution in [3.63, 3.8) is 0 Å². The predicted octanol–water partition coefficient (Wildman–Crippen LogP) is 3.36. The largest absolute Gasteiger partial charge is 0.477 e. The van der Waals surface area contributed by atoms with Gasteiger partial charge in [0.1, 0.15) is 5.56 Å². The lowest BCUT2D eigenvalue weighted by atomic mass is 9.72. The summed E-state index contributed by atoms with van der Waals surface area (Å²) in [7, 11) is 0. The van der Waals surface area contributed by atoms with Crippen molar-refractivity contribution in [3.05, 3.63) is 33.4 Å². The zero-order chi connectivity index (χ0) is 17.3. The van der Waals surface area contributed by atoms with E-state index in [4.69, 9.17) is 4.74 Å². The second kappa shape index (κ2) is 6.39. The minimum Gasteiger partial charge on any atom is -0.477 e. The van der Waals surface area contributed by atoms with Crippen LogP contribution < -0.4 is 5.32 Å². The number of benzene rings is 1. The first kappa shape index (κ1) is 16.7. The van der Waals surface area contributed by atoms with Crippen LogP contribution in [0.2, 0.25) is 0 Å². The lowest BCUT2D eigenvalue weighted by molar-refractivity contribution is -0.385. The van der Waals surface area contributed by atoms with Gasteiger partial charge >= 0.3 is 5.97 Å². The molecular weight excluding hydrogens is 312 g/mol. The first-order valence-corrected chi connectivity index (χ1v) is 8.30. The number of carbonyl (C=O) groups is 1. The third-order valence-electron chi connectivity index (χ3n) is 5.17. The fourth-order valence-electron chi connectivity index (χ4n) is 3.77. The van der Waals surface area contributed by atoms with Gasteiger partial charge in [-0.05, 0) is 57.1 Å². The van der Waals surface area contributed by atoms with Gasteiger partial charge in [0, 0.05) is 24.4 Å². The second-order valence-electron chi connectivity index (χ2n) is 6.88. The Bertz CT molecular complexity index is 669. The molecular formula is C17H22N2O5. The van der Waals surface area contributed by atoms with Crippen molar-refractivity contribution >= 4 is 17.3 Å². The molecule has 1 saturated heterocycles. The molecule has 2 aliphatic rings. The summed E-state index contributed by atoms with van der Waals surface area (Å²) < 4.78 is 5.92. The van der Waals surface area contributed by atoms with Gasteiger partial charge in [-0.25, -0.2) is 4.79 Å². The van der Waals surface area contributed by atoms with Gasteiger partial charge in [-0.1, -0.05) is 0 Å². The lowest BCUT2D eigenvalue weighted by Crippen LogP contribution is -2.46. The van der Waals surface area contributed by atoms with Crippen LogP contribution in [-0.2, 0) is 4.74 Å². The number of aryl methyl sites for hydroxylation is 1. The number of hydrogen-bond donors (Lipinski definition) is 2. The number of nitrogens with one attached hydrogen (secondary N) is 1. The minimum atomic E-state index is -1.28. The van der Waals surface area contributed by atoms with Gasteiger partial charge in [0.15, 0.2) is 0 Å². The molecule has 1 aliphatic carbocycles. The van der Waals surface area contributed by atoms with E-state index >= 15 is 0 Å². The Hall–Kier alpha value is -2.15. The normalized spacial score (nSPS) is 22.0. The maximum Gasteiger partial charge on any atom is 0.342 e. The number of rotatable bonds is 5. The number of anilines is 1. The molecule has 2 N–H and O–H groups in total. The molecule has 1 aromatic rings. The van der Waals surface area contributed by atoms with Crippen molar-refractivity contribution in [2.75, 3.05) is 18.5 Å². The number of aromatic carboxylic acids is 1. The summed E-state index contributed by atoms with van der Waals surface area (Å²) in [6, 6.07) is 2.99. The van der Waals surface area contributed by atoms with Crippen LogP contribution in [0.5, 0.6) is 0 Å². The van der Waals surface area contributed by atoms with Gasteiger partial charge in [0.2, 0.25) is 0 Å². The fourth-order valence-corrected chi connectivity index (χ4v) is 3.77. The lowest BCUT2D eigenvalue weighted by Gasteiger charge is -2.47. The molecule has 1 spiro atoms. The monoisotopic (exact) mass is 334 g/mol. The third kappa shape index (κ3) is 3.21. The van der Waals surface area contributed by atoms with Crippen molar-refractivity contribution in [1.29, 1.82) is 0 Å². The summed E-state index contributed by atoms with van der Waals surface area (Å²) in [5, 5.41) is 23.6. The molecule has 1 aliphatic heterocycles. The van der Waals surface area contributed by atoms with Crippen LogP contribution in [0.25, 0.3) is 0 Å². The van der Waals surface area contributed by atoms with Crippen molar-refractivity contribution in [2.24, 2.45) is 5.92 Å². The Balaban J connectivity index is 1.71. The fraction of sp³-hybridized carbons (Fsp3) is 0.588. The van der Waals surface area contributed by atoms with Crippen molar-refractivity contribution < 1.29 is 19.6 Å². The number of carboxylic acids is 1. The molecule has 7 heteroatoms. The van der Waals surface area contributed by atoms with Crippen LogP contribution in [-0.4, -0.2) is 34.8 Å². The molecule has 0 radical (unpaired) electrons. The number of hydrogen-bond acceptors (Lipinski definition) is 5. The van der Waals surface area contributed by atoms with Crippen molar-refractivity contribution in [1.82, 2.24) is 0 Å². The van der Waals surface area contributed by atoms with Gasteiger partial charge in [0.05, 0.1) is 10.5 Å². The molecule has 130 valence electrons. The van der Waals surface area contributed by atoms with E-state index in [1.165, 1.54) is 12.5 Å². The van der Waals surface area contributed by atoms with Crippen LogP contribution in [0, 0.1) is 23.0 Å². The Labute approximate surface area is 140 Å². The van der Waals surface area contributed by atoms with Crippen LogP contribution in [0.4, 0.5) is 11.4 Å². The third-order valence-corrected chi connectivity index (χ3v) is 5.17. The van der Waals surface area contributed by atoms with Crippen LogP contribution in [0.1, 0.15) is 48.0 Å². The highest BCUT2D eigenvalue weighted by Crippen LogP contribution is 2.44. The molecule has 1 unspecified atom stereocenters. The average Bonchev–Trinajstić information content (AvgIpc) is 2.50. The van der Waals surface area contributed by atoms with Crippen molar-refractivity contribution in [3.8, 4) is 0 Å². The van der Waals surface area contributed by atoms with E-state index in [0.717, 1.165) is 38.8 Å². The molecule has 0 amide bonds. The van der Waals surface area contributed by atoms with Gasteiger partial charge in [-0.3, -0.25) is 10.1 Å². The zero-order valence-electron chi connectivity index (χ0n) is 13.7. The van der Waals surface area contributed by atoms with Crippen molar-refractivity contribution in [2.45, 2.75) is 44.6 Å². The molecule has 7 nitrogen and oxygen atoms in total. The van der Waals surface area contributed by atoms with Gasteiger partial charge in [0.25, 0.3) is 5.69 Å². The quantitative estimate of drug-likeness (QED) is 0.632.